The van der Waals surface area contributed by atoms with Gasteiger partial charge in [-0.05, 0) is 24.3 Å². The quantitative estimate of drug-likeness (QED) is 0.681. The van der Waals surface area contributed by atoms with E-state index in [1.807, 2.05) is 0 Å². The first-order valence-electron chi connectivity index (χ1n) is 5.17. The Morgan fingerprint density at radius 3 is 2.50 bits per heavy atom. The molecule has 2 amide bonds. The number of nitrogens with two attached hydrogens (primary N) is 1. The molecule has 7 heteroatoms. The van der Waals surface area contributed by atoms with Crippen LogP contribution in [-0.2, 0) is 9.53 Å². The fraction of sp³-hybridized carbons (Fsp3) is 0.273. The summed E-state index contributed by atoms with van der Waals surface area (Å²) >= 11 is 0. The molecule has 4 N–H and O–H groups in total. The molecule has 0 aliphatic heterocycles. The van der Waals surface area contributed by atoms with Crippen LogP contribution in [0.1, 0.15) is 0 Å². The smallest absolute Gasteiger partial charge is 0.329 e. The van der Waals surface area contributed by atoms with E-state index in [4.69, 9.17) is 5.73 Å². The molecule has 0 fully saturated rings. The van der Waals surface area contributed by atoms with Crippen LogP contribution in [0.4, 0.5) is 14.9 Å². The lowest BCUT2D eigenvalue weighted by molar-refractivity contribution is -0.142. The highest BCUT2D eigenvalue weighted by atomic mass is 19.1. The third-order valence-corrected chi connectivity index (χ3v) is 2.13. The van der Waals surface area contributed by atoms with Crippen molar-refractivity contribution < 1.29 is 18.7 Å². The summed E-state index contributed by atoms with van der Waals surface area (Å²) in [6.07, 6.45) is 0. The molecule has 1 unspecified atom stereocenters. The molecule has 1 aromatic carbocycles. The summed E-state index contributed by atoms with van der Waals surface area (Å²) in [4.78, 5) is 22.7. The average Bonchev–Trinajstić information content (AvgIpc) is 2.37. The Balaban J connectivity index is 2.55. The van der Waals surface area contributed by atoms with Gasteiger partial charge in [0.15, 0.2) is 0 Å². The van der Waals surface area contributed by atoms with E-state index in [1.165, 1.54) is 31.4 Å². The predicted octanol–water partition coefficient (Wildman–Crippen LogP) is 0.447. The molecule has 0 aromatic heterocycles. The van der Waals surface area contributed by atoms with E-state index in [-0.39, 0.29) is 6.54 Å². The number of carbonyl (C=O) groups is 2. The summed E-state index contributed by atoms with van der Waals surface area (Å²) in [6, 6.07) is 3.65. The van der Waals surface area contributed by atoms with E-state index in [9.17, 15) is 14.0 Å². The summed E-state index contributed by atoms with van der Waals surface area (Å²) in [7, 11) is 1.20. The third-order valence-electron chi connectivity index (χ3n) is 2.13. The van der Waals surface area contributed by atoms with Crippen molar-refractivity contribution in [1.82, 2.24) is 5.32 Å². The minimum Gasteiger partial charge on any atom is -0.467 e. The molecule has 1 atom stereocenters. The maximum atomic E-state index is 12.6. The molecule has 18 heavy (non-hydrogen) atoms. The second-order valence-electron chi connectivity index (χ2n) is 3.42. The molecule has 1 rings (SSSR count). The number of ether oxygens (including phenoxy) is 1. The number of anilines is 1. The SMILES string of the molecule is COC(=O)C(CN)NC(=O)Nc1ccc(F)cc1. The number of halogens is 1. The summed E-state index contributed by atoms with van der Waals surface area (Å²) in [6.45, 7) is -0.0799. The molecule has 0 saturated heterocycles. The minimum atomic E-state index is -0.921. The van der Waals surface area contributed by atoms with Crippen LogP contribution < -0.4 is 16.4 Å². The number of hydrogen-bond acceptors (Lipinski definition) is 4. The van der Waals surface area contributed by atoms with Gasteiger partial charge >= 0.3 is 12.0 Å². The number of methoxy groups -OCH3 is 1. The van der Waals surface area contributed by atoms with Crippen molar-refractivity contribution in [1.29, 1.82) is 0 Å². The monoisotopic (exact) mass is 255 g/mol. The van der Waals surface area contributed by atoms with Crippen molar-refractivity contribution in [2.24, 2.45) is 5.73 Å². The Morgan fingerprint density at radius 2 is 2.00 bits per heavy atom. The van der Waals surface area contributed by atoms with Crippen LogP contribution >= 0.6 is 0 Å². The predicted molar refractivity (Wildman–Crippen MR) is 63.4 cm³/mol. The van der Waals surface area contributed by atoms with Crippen LogP contribution in [0.2, 0.25) is 0 Å². The van der Waals surface area contributed by atoms with Gasteiger partial charge in [-0.25, -0.2) is 14.0 Å². The second-order valence-corrected chi connectivity index (χ2v) is 3.42. The van der Waals surface area contributed by atoms with Crippen molar-refractivity contribution in [3.05, 3.63) is 30.1 Å². The number of benzene rings is 1. The van der Waals surface area contributed by atoms with E-state index in [0.717, 1.165) is 0 Å². The molecular formula is C11H14FN3O3. The molecule has 0 bridgehead atoms. The molecule has 6 nitrogen and oxygen atoms in total. The molecule has 1 aromatic rings. The van der Waals surface area contributed by atoms with Crippen LogP contribution in [0.3, 0.4) is 0 Å². The summed E-state index contributed by atoms with van der Waals surface area (Å²) in [5, 5.41) is 4.77. The Kier molecular flexibility index (Phi) is 5.06. The lowest BCUT2D eigenvalue weighted by Gasteiger charge is -2.14. The molecule has 0 aliphatic carbocycles. The lowest BCUT2D eigenvalue weighted by atomic mass is 10.3. The first-order chi connectivity index (χ1) is 8.56. The highest BCUT2D eigenvalue weighted by Crippen LogP contribution is 2.07. The number of urea groups is 1. The normalized spacial score (nSPS) is 11.5. The van der Waals surface area contributed by atoms with Gasteiger partial charge in [0.05, 0.1) is 7.11 Å². The van der Waals surface area contributed by atoms with Gasteiger partial charge in [0.25, 0.3) is 0 Å². The molecular weight excluding hydrogens is 241 g/mol. The lowest BCUT2D eigenvalue weighted by Crippen LogP contribution is -2.47. The Morgan fingerprint density at radius 1 is 1.39 bits per heavy atom. The minimum absolute atomic E-state index is 0.0799. The van der Waals surface area contributed by atoms with Crippen LogP contribution in [0.25, 0.3) is 0 Å². The van der Waals surface area contributed by atoms with Crippen molar-refractivity contribution in [2.45, 2.75) is 6.04 Å². The van der Waals surface area contributed by atoms with E-state index >= 15 is 0 Å². The van der Waals surface area contributed by atoms with E-state index in [1.54, 1.807) is 0 Å². The number of esters is 1. The Bertz CT molecular complexity index is 422. The van der Waals surface area contributed by atoms with Crippen LogP contribution in [0.5, 0.6) is 0 Å². The largest absolute Gasteiger partial charge is 0.467 e. The second kappa shape index (κ2) is 6.55. The fourth-order valence-corrected chi connectivity index (χ4v) is 1.21. The maximum Gasteiger partial charge on any atom is 0.329 e. The van der Waals surface area contributed by atoms with Gasteiger partial charge in [-0.2, -0.15) is 0 Å². The van der Waals surface area contributed by atoms with Gasteiger partial charge in [0.1, 0.15) is 11.9 Å². The number of hydrogen-bond donors (Lipinski definition) is 3. The summed E-state index contributed by atoms with van der Waals surface area (Å²) in [5.41, 5.74) is 5.72. The fourth-order valence-electron chi connectivity index (χ4n) is 1.21. The highest BCUT2D eigenvalue weighted by Gasteiger charge is 2.19. The van der Waals surface area contributed by atoms with E-state index < -0.39 is 23.9 Å². The number of nitrogens with one attached hydrogen (secondary N) is 2. The third kappa shape index (κ3) is 4.02. The van der Waals surface area contributed by atoms with Crippen molar-refractivity contribution in [3.8, 4) is 0 Å². The van der Waals surface area contributed by atoms with E-state index in [2.05, 4.69) is 15.4 Å². The zero-order valence-electron chi connectivity index (χ0n) is 9.77. The molecule has 0 heterocycles. The molecule has 0 saturated carbocycles. The van der Waals surface area contributed by atoms with Crippen molar-refractivity contribution in [2.75, 3.05) is 19.0 Å². The summed E-state index contributed by atoms with van der Waals surface area (Å²) < 4.78 is 17.1. The van der Waals surface area contributed by atoms with Crippen LogP contribution in [0.15, 0.2) is 24.3 Å². The number of amides is 2. The average molecular weight is 255 g/mol. The van der Waals surface area contributed by atoms with Crippen molar-refractivity contribution >= 4 is 17.7 Å². The number of rotatable bonds is 4. The zero-order valence-corrected chi connectivity index (χ0v) is 9.77. The zero-order chi connectivity index (χ0) is 13.5. The number of carbonyl (C=O) groups excluding carboxylic acids is 2. The van der Waals surface area contributed by atoms with Gasteiger partial charge in [-0.15, -0.1) is 0 Å². The Hall–Kier alpha value is -2.15. The van der Waals surface area contributed by atoms with Gasteiger partial charge in [-0.3, -0.25) is 0 Å². The molecule has 0 radical (unpaired) electrons. The molecule has 0 spiro atoms. The van der Waals surface area contributed by atoms with Gasteiger partial charge in [0, 0.05) is 12.2 Å². The maximum absolute atomic E-state index is 12.6. The van der Waals surface area contributed by atoms with Gasteiger partial charge in [-0.1, -0.05) is 0 Å². The van der Waals surface area contributed by atoms with Crippen molar-refractivity contribution in [3.63, 3.8) is 0 Å². The Labute approximate surface area is 103 Å². The molecule has 0 aliphatic rings. The van der Waals surface area contributed by atoms with Gasteiger partial charge in [0.2, 0.25) is 0 Å². The van der Waals surface area contributed by atoms with E-state index in [0.29, 0.717) is 5.69 Å². The summed E-state index contributed by atoms with van der Waals surface area (Å²) in [5.74, 6) is -1.04. The molecule has 98 valence electrons. The first-order valence-corrected chi connectivity index (χ1v) is 5.17. The topological polar surface area (TPSA) is 93.4 Å². The van der Waals surface area contributed by atoms with Crippen LogP contribution in [0, 0.1) is 5.82 Å². The standard InChI is InChI=1S/C11H14FN3O3/c1-18-10(16)9(6-13)15-11(17)14-8-4-2-7(12)3-5-8/h2-5,9H,6,13H2,1H3,(H2,14,15,17). The highest BCUT2D eigenvalue weighted by molar-refractivity contribution is 5.92. The first kappa shape index (κ1) is 13.9. The van der Waals surface area contributed by atoms with Crippen LogP contribution in [-0.4, -0.2) is 31.7 Å². The van der Waals surface area contributed by atoms with Gasteiger partial charge < -0.3 is 21.1 Å².